The maximum atomic E-state index is 11.2. The lowest BCUT2D eigenvalue weighted by atomic mass is 10.4. The van der Waals surface area contributed by atoms with E-state index in [4.69, 9.17) is 5.73 Å². The van der Waals surface area contributed by atoms with E-state index in [1.54, 1.807) is 6.92 Å². The largest absolute Gasteiger partial charge is 0.393 e. The number of rotatable bonds is 3. The Balaban J connectivity index is 2.64. The molecule has 1 rings (SSSR count). The molecule has 2 atom stereocenters. The van der Waals surface area contributed by atoms with Gasteiger partial charge in [0.05, 0.1) is 10.2 Å². The first kappa shape index (κ1) is 8.93. The highest BCUT2D eigenvalue weighted by molar-refractivity contribution is 7.92. The summed E-state index contributed by atoms with van der Waals surface area (Å²) < 4.78 is 22.3. The van der Waals surface area contributed by atoms with Crippen LogP contribution in [0.25, 0.3) is 0 Å². The highest BCUT2D eigenvalue weighted by Gasteiger charge is 2.47. The smallest absolute Gasteiger partial charge is 0.153 e. The van der Waals surface area contributed by atoms with Gasteiger partial charge in [-0.3, -0.25) is 0 Å². The number of nitrogens with two attached hydrogens (primary N) is 1. The molecule has 2 N–H and O–H groups in total. The first-order valence-corrected chi connectivity index (χ1v) is 5.62. The summed E-state index contributed by atoms with van der Waals surface area (Å²) in [4.78, 5) is 0.340. The predicted octanol–water partition coefficient (Wildman–Crippen LogP) is 0.0957. The third kappa shape index (κ3) is 1.70. The fourth-order valence-corrected chi connectivity index (χ4v) is 3.00. The lowest BCUT2D eigenvalue weighted by Crippen LogP contribution is -2.18. The molecule has 0 amide bonds. The Morgan fingerprint density at radius 1 is 1.73 bits per heavy atom. The predicted molar refractivity (Wildman–Crippen MR) is 48.1 cm³/mol. The molecule has 0 aromatic heterocycles. The molecule has 1 aliphatic rings. The topological polar surface area (TPSA) is 60.2 Å². The van der Waals surface area contributed by atoms with Crippen LogP contribution in [-0.4, -0.2) is 24.4 Å². The number of hydrogen-bond donors (Lipinski definition) is 1. The fourth-order valence-electron chi connectivity index (χ4n) is 1.08. The van der Waals surface area contributed by atoms with Gasteiger partial charge in [-0.15, -0.1) is 0 Å². The van der Waals surface area contributed by atoms with Crippen LogP contribution in [0.2, 0.25) is 0 Å². The Morgan fingerprint density at radius 3 is 2.55 bits per heavy atom. The van der Waals surface area contributed by atoms with Crippen LogP contribution in [0.1, 0.15) is 13.3 Å². The molecule has 1 fully saturated rings. The SMILES string of the molecule is CCS(=O)(=O)[C@H]1C[C@H]1C(N)=S. The molecule has 64 valence electrons. The van der Waals surface area contributed by atoms with E-state index in [1.165, 1.54) is 0 Å². The van der Waals surface area contributed by atoms with Crippen molar-refractivity contribution in [2.75, 3.05) is 5.75 Å². The Hall–Kier alpha value is -0.160. The van der Waals surface area contributed by atoms with Crippen LogP contribution < -0.4 is 5.73 Å². The van der Waals surface area contributed by atoms with Gasteiger partial charge in [-0.25, -0.2) is 8.42 Å². The van der Waals surface area contributed by atoms with Gasteiger partial charge in [0.1, 0.15) is 0 Å². The van der Waals surface area contributed by atoms with Crippen molar-refractivity contribution in [2.24, 2.45) is 11.7 Å². The Morgan fingerprint density at radius 2 is 2.27 bits per heavy atom. The summed E-state index contributed by atoms with van der Waals surface area (Å²) in [5.41, 5.74) is 5.31. The molecule has 0 unspecified atom stereocenters. The van der Waals surface area contributed by atoms with Gasteiger partial charge in [0.15, 0.2) is 9.84 Å². The quantitative estimate of drug-likeness (QED) is 0.646. The van der Waals surface area contributed by atoms with Crippen LogP contribution in [0.5, 0.6) is 0 Å². The van der Waals surface area contributed by atoms with E-state index >= 15 is 0 Å². The lowest BCUT2D eigenvalue weighted by molar-refractivity contribution is 0.595. The summed E-state index contributed by atoms with van der Waals surface area (Å²) in [6.07, 6.45) is 0.630. The third-order valence-corrected chi connectivity index (χ3v) is 4.51. The average Bonchev–Trinajstić information content (AvgIpc) is 2.65. The van der Waals surface area contributed by atoms with Gasteiger partial charge in [0.25, 0.3) is 0 Å². The molecule has 1 aliphatic carbocycles. The summed E-state index contributed by atoms with van der Waals surface area (Å²) >= 11 is 4.69. The Labute approximate surface area is 71.9 Å². The van der Waals surface area contributed by atoms with Crippen LogP contribution >= 0.6 is 12.2 Å². The first-order valence-electron chi connectivity index (χ1n) is 3.50. The molecule has 0 spiro atoms. The monoisotopic (exact) mass is 193 g/mol. The van der Waals surface area contributed by atoms with Crippen LogP contribution in [0.3, 0.4) is 0 Å². The molecule has 0 aliphatic heterocycles. The van der Waals surface area contributed by atoms with Gasteiger partial charge < -0.3 is 5.73 Å². The Bertz CT molecular complexity index is 270. The van der Waals surface area contributed by atoms with E-state index in [0.717, 1.165) is 0 Å². The van der Waals surface area contributed by atoms with E-state index in [1.807, 2.05) is 0 Å². The normalized spacial score (nSPS) is 29.9. The van der Waals surface area contributed by atoms with Crippen molar-refractivity contribution in [3.05, 3.63) is 0 Å². The van der Waals surface area contributed by atoms with Crippen molar-refractivity contribution in [1.29, 1.82) is 0 Å². The molecule has 0 saturated heterocycles. The summed E-state index contributed by atoms with van der Waals surface area (Å²) in [5, 5.41) is -0.273. The standard InChI is InChI=1S/C6H11NO2S2/c1-2-11(8,9)5-3-4(5)6(7)10/h4-5H,2-3H2,1H3,(H2,7,10)/t4-,5+/m1/s1. The van der Waals surface area contributed by atoms with E-state index in [9.17, 15) is 8.42 Å². The summed E-state index contributed by atoms with van der Waals surface area (Å²) in [6, 6.07) is 0. The van der Waals surface area contributed by atoms with Gasteiger partial charge in [0, 0.05) is 11.7 Å². The summed E-state index contributed by atoms with van der Waals surface area (Å²) in [6.45, 7) is 1.64. The minimum absolute atomic E-state index is 0.0463. The van der Waals surface area contributed by atoms with Crippen LogP contribution in [0.4, 0.5) is 0 Å². The highest BCUT2D eigenvalue weighted by Crippen LogP contribution is 2.37. The van der Waals surface area contributed by atoms with Gasteiger partial charge in [0.2, 0.25) is 0 Å². The van der Waals surface area contributed by atoms with Crippen molar-refractivity contribution in [3.8, 4) is 0 Å². The van der Waals surface area contributed by atoms with Crippen molar-refractivity contribution in [2.45, 2.75) is 18.6 Å². The number of thiocarbonyl (C=S) groups is 1. The zero-order valence-corrected chi connectivity index (χ0v) is 7.91. The molecular weight excluding hydrogens is 182 g/mol. The van der Waals surface area contributed by atoms with Gasteiger partial charge in [-0.05, 0) is 6.42 Å². The van der Waals surface area contributed by atoms with E-state index < -0.39 is 9.84 Å². The number of hydrogen-bond acceptors (Lipinski definition) is 3. The maximum Gasteiger partial charge on any atom is 0.153 e. The molecular formula is C6H11NO2S2. The fraction of sp³-hybridized carbons (Fsp3) is 0.833. The second kappa shape index (κ2) is 2.71. The van der Waals surface area contributed by atoms with Crippen molar-refractivity contribution in [3.63, 3.8) is 0 Å². The lowest BCUT2D eigenvalue weighted by Gasteiger charge is -1.97. The molecule has 3 nitrogen and oxygen atoms in total. The average molecular weight is 193 g/mol. The van der Waals surface area contributed by atoms with Crippen molar-refractivity contribution >= 4 is 27.0 Å². The van der Waals surface area contributed by atoms with Gasteiger partial charge in [-0.2, -0.15) is 0 Å². The highest BCUT2D eigenvalue weighted by atomic mass is 32.2. The van der Waals surface area contributed by atoms with Gasteiger partial charge >= 0.3 is 0 Å². The summed E-state index contributed by atoms with van der Waals surface area (Å²) in [5.74, 6) is 0.145. The third-order valence-electron chi connectivity index (χ3n) is 1.96. The van der Waals surface area contributed by atoms with Crippen LogP contribution in [0, 0.1) is 5.92 Å². The van der Waals surface area contributed by atoms with E-state index in [0.29, 0.717) is 11.4 Å². The first-order chi connectivity index (χ1) is 4.99. The molecule has 0 bridgehead atoms. The zero-order chi connectivity index (χ0) is 8.65. The van der Waals surface area contributed by atoms with Crippen molar-refractivity contribution < 1.29 is 8.42 Å². The molecule has 5 heteroatoms. The molecule has 0 aromatic rings. The van der Waals surface area contributed by atoms with E-state index in [-0.39, 0.29) is 16.9 Å². The van der Waals surface area contributed by atoms with Crippen molar-refractivity contribution in [1.82, 2.24) is 0 Å². The van der Waals surface area contributed by atoms with Crippen LogP contribution in [0.15, 0.2) is 0 Å². The maximum absolute atomic E-state index is 11.2. The molecule has 0 radical (unpaired) electrons. The Kier molecular flexibility index (Phi) is 2.20. The van der Waals surface area contributed by atoms with E-state index in [2.05, 4.69) is 12.2 Å². The second-order valence-electron chi connectivity index (χ2n) is 2.73. The molecule has 11 heavy (non-hydrogen) atoms. The second-order valence-corrected chi connectivity index (χ2v) is 5.71. The minimum Gasteiger partial charge on any atom is -0.393 e. The number of sulfone groups is 1. The van der Waals surface area contributed by atoms with Gasteiger partial charge in [-0.1, -0.05) is 19.1 Å². The van der Waals surface area contributed by atoms with Crippen LogP contribution in [-0.2, 0) is 9.84 Å². The molecule has 1 saturated carbocycles. The summed E-state index contributed by atoms with van der Waals surface area (Å²) in [7, 11) is -2.89. The molecule has 0 aromatic carbocycles. The molecule has 0 heterocycles. The minimum atomic E-state index is -2.89. The zero-order valence-electron chi connectivity index (χ0n) is 6.28.